The molecule has 0 aromatic rings. The molecule has 0 rings (SSSR count). The molecule has 0 spiro atoms. The first kappa shape index (κ1) is 41.4. The van der Waals surface area contributed by atoms with Gasteiger partial charge in [0, 0.05) is 17.9 Å². The second-order valence-electron chi connectivity index (χ2n) is 7.70. The van der Waals surface area contributed by atoms with E-state index in [0.717, 1.165) is 57.8 Å². The fraction of sp³-hybridized carbons (Fsp3) is 0.875. The summed E-state index contributed by atoms with van der Waals surface area (Å²) in [4.78, 5) is 31.0. The molecule has 0 heterocycles. The number of unbranched alkanes of at least 4 members (excludes halogenated alkanes) is 3. The molecule has 0 aliphatic carbocycles. The van der Waals surface area contributed by atoms with Crippen LogP contribution in [0.15, 0.2) is 0 Å². The third-order valence-electron chi connectivity index (χ3n) is 5.20. The average Bonchev–Trinajstić information content (AvgIpc) is 2.70. The molecule has 0 bridgehead atoms. The van der Waals surface area contributed by atoms with Gasteiger partial charge in [0.1, 0.15) is 0 Å². The predicted molar refractivity (Wildman–Crippen MR) is 120 cm³/mol. The molecule has 196 valence electrons. The van der Waals surface area contributed by atoms with Crippen molar-refractivity contribution < 1.29 is 52.1 Å². The SMILES string of the molecule is CCCCC(CC)C(=O)[O-].CCCCC(CC)C(=O)[O-].CCCCC(CC)C(=O)[O-].N.[Au+3]. The van der Waals surface area contributed by atoms with Crippen LogP contribution in [0, 0.1) is 17.8 Å². The van der Waals surface area contributed by atoms with Crippen molar-refractivity contribution in [2.45, 2.75) is 119 Å². The first-order chi connectivity index (χ1) is 14.2. The van der Waals surface area contributed by atoms with Gasteiger partial charge in [-0.15, -0.1) is 0 Å². The minimum Gasteiger partial charge on any atom is -0.550 e. The van der Waals surface area contributed by atoms with Crippen LogP contribution in [0.5, 0.6) is 0 Å². The molecular formula is C24H48AuNO6. The van der Waals surface area contributed by atoms with Crippen molar-refractivity contribution >= 4 is 17.9 Å². The third kappa shape index (κ3) is 27.1. The van der Waals surface area contributed by atoms with Crippen LogP contribution in [0.2, 0.25) is 0 Å². The van der Waals surface area contributed by atoms with Crippen LogP contribution >= 0.6 is 0 Å². The van der Waals surface area contributed by atoms with Crippen molar-refractivity contribution in [2.24, 2.45) is 17.8 Å². The van der Waals surface area contributed by atoms with Crippen LogP contribution in [0.25, 0.3) is 0 Å². The van der Waals surface area contributed by atoms with E-state index in [0.29, 0.717) is 19.3 Å². The molecule has 7 nitrogen and oxygen atoms in total. The normalized spacial score (nSPS) is 12.2. The maximum Gasteiger partial charge on any atom is 3.00 e. The molecule has 32 heavy (non-hydrogen) atoms. The Morgan fingerprint density at radius 3 is 0.812 bits per heavy atom. The Balaban J connectivity index is -0.000000110. The van der Waals surface area contributed by atoms with Crippen LogP contribution in [0.1, 0.15) is 119 Å². The van der Waals surface area contributed by atoms with Gasteiger partial charge in [0.15, 0.2) is 0 Å². The standard InChI is InChI=1S/3C8H16O2.Au.H3N/c3*1-3-5-6-7(4-2)8(9)10;;/h3*7H,3-6H2,1-2H3,(H,9,10);;1H3/q;;;+3;/p-3. The number of hydrogen-bond donors (Lipinski definition) is 1. The molecular weight excluding hydrogens is 595 g/mol. The molecule has 0 aromatic carbocycles. The Morgan fingerprint density at radius 1 is 0.531 bits per heavy atom. The number of aliphatic carboxylic acids is 3. The summed E-state index contributed by atoms with van der Waals surface area (Å²) in [6.07, 6.45) is 10.6. The molecule has 0 aliphatic heterocycles. The molecule has 0 radical (unpaired) electrons. The summed E-state index contributed by atoms with van der Waals surface area (Å²) in [5.41, 5.74) is 0. The summed E-state index contributed by atoms with van der Waals surface area (Å²) in [5, 5.41) is 31.0. The summed E-state index contributed by atoms with van der Waals surface area (Å²) in [6.45, 7) is 11.8. The van der Waals surface area contributed by atoms with Gasteiger partial charge in [-0.1, -0.05) is 80.1 Å². The molecule has 0 aromatic heterocycles. The van der Waals surface area contributed by atoms with Gasteiger partial charge < -0.3 is 35.9 Å². The summed E-state index contributed by atoms with van der Waals surface area (Å²) in [6, 6.07) is 0. The number of carboxylic acids is 3. The molecule has 3 atom stereocenters. The quantitative estimate of drug-likeness (QED) is 0.269. The molecule has 0 amide bonds. The van der Waals surface area contributed by atoms with Crippen molar-refractivity contribution in [2.75, 3.05) is 0 Å². The maximum atomic E-state index is 10.3. The minimum absolute atomic E-state index is 0. The van der Waals surface area contributed by atoms with Crippen molar-refractivity contribution in [3.8, 4) is 0 Å². The van der Waals surface area contributed by atoms with E-state index in [1.807, 2.05) is 20.8 Å². The van der Waals surface area contributed by atoms with Gasteiger partial charge in [0.25, 0.3) is 0 Å². The van der Waals surface area contributed by atoms with Crippen molar-refractivity contribution in [1.29, 1.82) is 0 Å². The zero-order chi connectivity index (χ0) is 23.9. The zero-order valence-corrected chi connectivity index (χ0v) is 23.3. The van der Waals surface area contributed by atoms with Gasteiger partial charge in [-0.2, -0.15) is 0 Å². The minimum atomic E-state index is -0.893. The number of carboxylic acid groups (broad SMARTS) is 3. The van der Waals surface area contributed by atoms with Crippen LogP contribution < -0.4 is 21.5 Å². The second kappa shape index (κ2) is 30.1. The molecule has 0 saturated carbocycles. The van der Waals surface area contributed by atoms with Gasteiger partial charge in [0.05, 0.1) is 0 Å². The Morgan fingerprint density at radius 2 is 0.719 bits per heavy atom. The summed E-state index contributed by atoms with van der Waals surface area (Å²) >= 11 is 0. The summed E-state index contributed by atoms with van der Waals surface area (Å²) in [5.74, 6) is -3.34. The Labute approximate surface area is 212 Å². The Kier molecular flexibility index (Phi) is 38.9. The molecule has 3 N–H and O–H groups in total. The first-order valence-electron chi connectivity index (χ1n) is 11.8. The fourth-order valence-electron chi connectivity index (χ4n) is 2.82. The van der Waals surface area contributed by atoms with Crippen LogP contribution in [0.4, 0.5) is 0 Å². The van der Waals surface area contributed by atoms with Crippen molar-refractivity contribution in [3.05, 3.63) is 0 Å². The van der Waals surface area contributed by atoms with Crippen LogP contribution in [-0.4, -0.2) is 17.9 Å². The molecule has 3 unspecified atom stereocenters. The zero-order valence-electron chi connectivity index (χ0n) is 21.2. The molecule has 0 fully saturated rings. The largest absolute Gasteiger partial charge is 3.00 e. The predicted octanol–water partition coefficient (Wildman–Crippen LogP) is 3.02. The third-order valence-corrected chi connectivity index (χ3v) is 5.20. The summed E-state index contributed by atoms with van der Waals surface area (Å²) < 4.78 is 0. The molecule has 8 heteroatoms. The average molecular weight is 644 g/mol. The van der Waals surface area contributed by atoms with Crippen LogP contribution in [-0.2, 0) is 36.8 Å². The van der Waals surface area contributed by atoms with Gasteiger partial charge in [0.2, 0.25) is 0 Å². The number of carbonyl (C=O) groups is 3. The fourth-order valence-corrected chi connectivity index (χ4v) is 2.82. The van der Waals surface area contributed by atoms with E-state index in [1.165, 1.54) is 0 Å². The number of hydrogen-bond acceptors (Lipinski definition) is 7. The van der Waals surface area contributed by atoms with E-state index in [1.54, 1.807) is 0 Å². The second-order valence-corrected chi connectivity index (χ2v) is 7.70. The topological polar surface area (TPSA) is 155 Å². The maximum absolute atomic E-state index is 10.3. The summed E-state index contributed by atoms with van der Waals surface area (Å²) in [7, 11) is 0. The van der Waals surface area contributed by atoms with Crippen LogP contribution in [0.3, 0.4) is 0 Å². The number of rotatable bonds is 15. The van der Waals surface area contributed by atoms with E-state index in [2.05, 4.69) is 20.8 Å². The molecule has 0 saturated heterocycles. The van der Waals surface area contributed by atoms with E-state index in [9.17, 15) is 29.7 Å². The van der Waals surface area contributed by atoms with Crippen molar-refractivity contribution in [3.63, 3.8) is 0 Å². The van der Waals surface area contributed by atoms with E-state index in [-0.39, 0.29) is 46.3 Å². The van der Waals surface area contributed by atoms with E-state index >= 15 is 0 Å². The number of carbonyl (C=O) groups excluding carboxylic acids is 3. The van der Waals surface area contributed by atoms with Gasteiger partial charge in [-0.3, -0.25) is 0 Å². The Hall–Kier alpha value is -0.890. The Bertz CT molecular complexity index is 373. The van der Waals surface area contributed by atoms with E-state index < -0.39 is 17.9 Å². The van der Waals surface area contributed by atoms with E-state index in [4.69, 9.17) is 0 Å². The van der Waals surface area contributed by atoms with Gasteiger partial charge >= 0.3 is 22.4 Å². The molecule has 0 aliphatic rings. The smallest absolute Gasteiger partial charge is 0.550 e. The monoisotopic (exact) mass is 643 g/mol. The van der Waals surface area contributed by atoms with Crippen molar-refractivity contribution in [1.82, 2.24) is 6.15 Å². The van der Waals surface area contributed by atoms with Gasteiger partial charge in [-0.05, 0) is 56.3 Å². The van der Waals surface area contributed by atoms with Gasteiger partial charge in [-0.25, -0.2) is 0 Å². The first-order valence-corrected chi connectivity index (χ1v) is 11.8.